The molecule has 2 rings (SSSR count). The number of rotatable bonds is 1. The van der Waals surface area contributed by atoms with Crippen molar-refractivity contribution >= 4 is 29.1 Å². The Labute approximate surface area is 96.4 Å². The second-order valence-electron chi connectivity index (χ2n) is 3.04. The van der Waals surface area contributed by atoms with Crippen LogP contribution in [0.15, 0.2) is 45.6 Å². The Morgan fingerprint density at radius 1 is 1.27 bits per heavy atom. The minimum Gasteiger partial charge on any atom is -0.266 e. The number of azo groups is 1. The molecule has 5 heteroatoms. The molecule has 1 aromatic carbocycles. The van der Waals surface area contributed by atoms with Gasteiger partial charge in [0.15, 0.2) is 0 Å². The lowest BCUT2D eigenvalue weighted by Crippen LogP contribution is -2.03. The van der Waals surface area contributed by atoms with Crippen molar-refractivity contribution in [1.82, 2.24) is 0 Å². The van der Waals surface area contributed by atoms with Gasteiger partial charge in [-0.3, -0.25) is 4.79 Å². The fraction of sp³-hybridized carbons (Fsp3) is 0.100. The van der Waals surface area contributed by atoms with E-state index in [1.54, 1.807) is 18.2 Å². The van der Waals surface area contributed by atoms with E-state index >= 15 is 0 Å². The van der Waals surface area contributed by atoms with Gasteiger partial charge in [0.1, 0.15) is 6.04 Å². The quantitative estimate of drug-likeness (QED) is 0.741. The first-order valence-electron chi connectivity index (χ1n) is 4.24. The second kappa shape index (κ2) is 4.13. The van der Waals surface area contributed by atoms with Gasteiger partial charge in [-0.1, -0.05) is 35.3 Å². The van der Waals surface area contributed by atoms with E-state index in [9.17, 15) is 4.79 Å². The van der Waals surface area contributed by atoms with E-state index in [1.165, 1.54) is 6.08 Å². The van der Waals surface area contributed by atoms with Crippen LogP contribution in [-0.4, -0.2) is 5.91 Å². The van der Waals surface area contributed by atoms with Gasteiger partial charge >= 0.3 is 0 Å². The van der Waals surface area contributed by atoms with Gasteiger partial charge in [-0.2, -0.15) is 5.11 Å². The Bertz CT molecular complexity index is 468. The Hall–Kier alpha value is -1.19. The summed E-state index contributed by atoms with van der Waals surface area (Å²) in [5.41, 5.74) is 0.819. The molecule has 1 heterocycles. The molecule has 3 nitrogen and oxygen atoms in total. The average Bonchev–Trinajstić information content (AvgIpc) is 2.17. The lowest BCUT2D eigenvalue weighted by Gasteiger charge is -2.12. The molecule has 0 spiro atoms. The molecule has 0 aliphatic carbocycles. The largest absolute Gasteiger partial charge is 0.289 e. The van der Waals surface area contributed by atoms with Gasteiger partial charge in [-0.05, 0) is 17.7 Å². The van der Waals surface area contributed by atoms with Crippen LogP contribution in [0.3, 0.4) is 0 Å². The van der Waals surface area contributed by atoms with E-state index in [1.807, 2.05) is 6.07 Å². The van der Waals surface area contributed by atoms with E-state index in [2.05, 4.69) is 10.2 Å². The average molecular weight is 241 g/mol. The van der Waals surface area contributed by atoms with Crippen LogP contribution >= 0.6 is 23.2 Å². The third-order valence-electron chi connectivity index (χ3n) is 1.96. The third kappa shape index (κ3) is 2.25. The summed E-state index contributed by atoms with van der Waals surface area (Å²) in [6.45, 7) is 0. The molecule has 0 fully saturated rings. The molecule has 0 radical (unpaired) electrons. The molecule has 1 atom stereocenters. The van der Waals surface area contributed by atoms with Gasteiger partial charge in [0.05, 0.1) is 5.03 Å². The number of hydrogen-bond acceptors (Lipinski definition) is 2. The predicted molar refractivity (Wildman–Crippen MR) is 58.0 cm³/mol. The Morgan fingerprint density at radius 3 is 2.73 bits per heavy atom. The normalized spacial score (nSPS) is 20.3. The summed E-state index contributed by atoms with van der Waals surface area (Å²) in [6.07, 6.45) is 1.26. The van der Waals surface area contributed by atoms with Gasteiger partial charge < -0.3 is 0 Å². The van der Waals surface area contributed by atoms with Crippen molar-refractivity contribution in [3.8, 4) is 0 Å². The maximum absolute atomic E-state index is 10.9. The molecule has 0 N–H and O–H groups in total. The lowest BCUT2D eigenvalue weighted by molar-refractivity contribution is -0.114. The van der Waals surface area contributed by atoms with Gasteiger partial charge in [-0.15, -0.1) is 5.11 Å². The maximum atomic E-state index is 10.9. The highest BCUT2D eigenvalue weighted by molar-refractivity contribution is 6.32. The topological polar surface area (TPSA) is 41.8 Å². The summed E-state index contributed by atoms with van der Waals surface area (Å²) in [5.74, 6) is -0.432. The molecule has 1 aliphatic rings. The molecule has 0 saturated heterocycles. The number of carbonyl (C=O) groups is 1. The Morgan fingerprint density at radius 2 is 2.07 bits per heavy atom. The zero-order valence-electron chi connectivity index (χ0n) is 7.52. The highest BCUT2D eigenvalue weighted by Gasteiger charge is 2.19. The standard InChI is InChI=1S/C10H6Cl2N2O/c11-7-3-1-2-6(4-7)10-8(12)5-9(15)13-14-10/h1-5,10H. The molecular formula is C10H6Cl2N2O. The summed E-state index contributed by atoms with van der Waals surface area (Å²) in [5, 5.41) is 8.23. The number of halogens is 2. The van der Waals surface area contributed by atoms with Crippen molar-refractivity contribution in [2.45, 2.75) is 6.04 Å². The summed E-state index contributed by atoms with van der Waals surface area (Å²) >= 11 is 11.7. The summed E-state index contributed by atoms with van der Waals surface area (Å²) < 4.78 is 0. The van der Waals surface area contributed by atoms with Crippen molar-refractivity contribution in [3.05, 3.63) is 46.0 Å². The molecule has 1 aliphatic heterocycles. The minimum atomic E-state index is -0.432. The van der Waals surface area contributed by atoms with Crippen molar-refractivity contribution in [2.75, 3.05) is 0 Å². The number of hydrogen-bond donors (Lipinski definition) is 0. The number of benzene rings is 1. The summed E-state index contributed by atoms with van der Waals surface area (Å²) in [7, 11) is 0. The number of carbonyl (C=O) groups excluding carboxylic acids is 1. The van der Waals surface area contributed by atoms with Crippen molar-refractivity contribution in [3.63, 3.8) is 0 Å². The third-order valence-corrected chi connectivity index (χ3v) is 2.51. The monoisotopic (exact) mass is 240 g/mol. The predicted octanol–water partition coefficient (Wildman–Crippen LogP) is 3.50. The molecular weight excluding hydrogens is 235 g/mol. The van der Waals surface area contributed by atoms with Crippen molar-refractivity contribution < 1.29 is 4.79 Å². The maximum Gasteiger partial charge on any atom is 0.289 e. The highest BCUT2D eigenvalue weighted by atomic mass is 35.5. The number of amides is 1. The van der Waals surface area contributed by atoms with E-state index in [0.717, 1.165) is 5.56 Å². The summed E-state index contributed by atoms with van der Waals surface area (Å²) in [6, 6.07) is 6.73. The summed E-state index contributed by atoms with van der Waals surface area (Å²) in [4.78, 5) is 10.9. The Balaban J connectivity index is 2.36. The van der Waals surface area contributed by atoms with E-state index in [4.69, 9.17) is 23.2 Å². The lowest BCUT2D eigenvalue weighted by atomic mass is 10.1. The van der Waals surface area contributed by atoms with Crippen LogP contribution in [0.4, 0.5) is 0 Å². The zero-order valence-corrected chi connectivity index (χ0v) is 9.03. The van der Waals surface area contributed by atoms with Crippen LogP contribution < -0.4 is 0 Å². The van der Waals surface area contributed by atoms with Crippen molar-refractivity contribution in [2.24, 2.45) is 10.2 Å². The first-order valence-corrected chi connectivity index (χ1v) is 5.00. The van der Waals surface area contributed by atoms with Crippen LogP contribution in [0.25, 0.3) is 0 Å². The van der Waals surface area contributed by atoms with E-state index in [0.29, 0.717) is 10.1 Å². The second-order valence-corrected chi connectivity index (χ2v) is 3.91. The molecule has 0 bridgehead atoms. The van der Waals surface area contributed by atoms with Gasteiger partial charge in [0.25, 0.3) is 5.91 Å². The first-order chi connectivity index (χ1) is 7.16. The Kier molecular flexibility index (Phi) is 2.84. The van der Waals surface area contributed by atoms with Gasteiger partial charge in [0, 0.05) is 11.1 Å². The molecule has 1 aromatic rings. The van der Waals surface area contributed by atoms with Gasteiger partial charge in [0.2, 0.25) is 0 Å². The fourth-order valence-corrected chi connectivity index (χ4v) is 1.76. The van der Waals surface area contributed by atoms with Crippen LogP contribution in [0, 0.1) is 0 Å². The van der Waals surface area contributed by atoms with Crippen LogP contribution in [0.5, 0.6) is 0 Å². The minimum absolute atomic E-state index is 0.359. The van der Waals surface area contributed by atoms with Crippen LogP contribution in [0.1, 0.15) is 11.6 Å². The molecule has 1 amide bonds. The first kappa shape index (κ1) is 10.3. The number of nitrogens with zero attached hydrogens (tertiary/aromatic N) is 2. The van der Waals surface area contributed by atoms with Crippen molar-refractivity contribution in [1.29, 1.82) is 0 Å². The molecule has 1 unspecified atom stereocenters. The molecule has 0 aromatic heterocycles. The zero-order chi connectivity index (χ0) is 10.8. The van der Waals surface area contributed by atoms with E-state index in [-0.39, 0.29) is 0 Å². The molecule has 15 heavy (non-hydrogen) atoms. The molecule has 76 valence electrons. The smallest absolute Gasteiger partial charge is 0.266 e. The van der Waals surface area contributed by atoms with E-state index < -0.39 is 11.9 Å². The van der Waals surface area contributed by atoms with Crippen LogP contribution in [-0.2, 0) is 4.79 Å². The van der Waals surface area contributed by atoms with Crippen LogP contribution in [0.2, 0.25) is 5.02 Å². The fourth-order valence-electron chi connectivity index (χ4n) is 1.30. The highest BCUT2D eigenvalue weighted by Crippen LogP contribution is 2.32. The SMILES string of the molecule is O=C1C=C(Cl)C(c2cccc(Cl)c2)N=N1. The van der Waals surface area contributed by atoms with Gasteiger partial charge in [-0.25, -0.2) is 0 Å². The molecule has 0 saturated carbocycles.